The van der Waals surface area contributed by atoms with Crippen molar-refractivity contribution in [3.05, 3.63) is 54.0 Å². The largest absolute Gasteiger partial charge is 0.465 e. The van der Waals surface area contributed by atoms with E-state index in [4.69, 9.17) is 9.40 Å². The van der Waals surface area contributed by atoms with E-state index in [9.17, 15) is 0 Å². The highest BCUT2D eigenvalue weighted by Crippen LogP contribution is 2.27. The Morgan fingerprint density at radius 1 is 1.25 bits per heavy atom. The number of aryl methyl sites for hydroxylation is 1. The number of nitrogens with zero attached hydrogens (tertiary/aromatic N) is 4. The molecule has 0 aliphatic carbocycles. The Balaban J connectivity index is 1.45. The molecule has 0 amide bonds. The average Bonchev–Trinajstić information content (AvgIpc) is 3.25. The molecule has 0 aromatic carbocycles. The third kappa shape index (κ3) is 3.23. The van der Waals surface area contributed by atoms with Crippen LogP contribution in [-0.4, -0.2) is 38.2 Å². The molecule has 4 heterocycles. The number of likely N-dealkylation sites (tertiary alicyclic amines) is 1. The summed E-state index contributed by atoms with van der Waals surface area (Å²) < 4.78 is 5.71. The number of hydrogen-bond donors (Lipinski definition) is 1. The molecule has 0 radical (unpaired) electrons. The number of rotatable bonds is 4. The number of pyridine rings is 1. The van der Waals surface area contributed by atoms with E-state index in [1.807, 2.05) is 25.1 Å². The van der Waals surface area contributed by atoms with E-state index < -0.39 is 0 Å². The second-order valence-electron chi connectivity index (χ2n) is 6.37. The van der Waals surface area contributed by atoms with Gasteiger partial charge in [0.2, 0.25) is 0 Å². The van der Waals surface area contributed by atoms with Gasteiger partial charge in [0.1, 0.15) is 17.3 Å². The van der Waals surface area contributed by atoms with Crippen molar-refractivity contribution >= 4 is 0 Å². The minimum atomic E-state index is 0.387. The zero-order valence-electron chi connectivity index (χ0n) is 13.8. The van der Waals surface area contributed by atoms with Crippen LogP contribution in [0.5, 0.6) is 0 Å². The molecule has 24 heavy (non-hydrogen) atoms. The first kappa shape index (κ1) is 15.1. The Kier molecular flexibility index (Phi) is 4.13. The number of hydrogen-bond acceptors (Lipinski definition) is 5. The summed E-state index contributed by atoms with van der Waals surface area (Å²) in [6.07, 6.45) is 5.83. The highest BCUT2D eigenvalue weighted by atomic mass is 16.3. The molecule has 0 saturated carbocycles. The maximum absolute atomic E-state index is 5.71. The Bertz CT molecular complexity index is 795. The number of H-pyrrole nitrogens is 1. The second kappa shape index (κ2) is 6.57. The topological polar surface area (TPSA) is 70.8 Å². The van der Waals surface area contributed by atoms with Crippen LogP contribution >= 0.6 is 0 Å². The summed E-state index contributed by atoms with van der Waals surface area (Å²) in [5.74, 6) is 4.10. The van der Waals surface area contributed by atoms with Crippen LogP contribution in [0, 0.1) is 6.92 Å². The number of aromatic nitrogens is 4. The molecule has 3 aromatic rings. The van der Waals surface area contributed by atoms with E-state index >= 15 is 0 Å². The van der Waals surface area contributed by atoms with Gasteiger partial charge in [0, 0.05) is 30.4 Å². The van der Waals surface area contributed by atoms with Gasteiger partial charge >= 0.3 is 0 Å². The Labute approximate surface area is 140 Å². The SMILES string of the molecule is Cc1ccc(CN2CCC[C@H](c3nc(-c4ccncc4)n[nH]3)C2)o1. The fourth-order valence-corrected chi connectivity index (χ4v) is 3.30. The highest BCUT2D eigenvalue weighted by molar-refractivity contribution is 5.53. The van der Waals surface area contributed by atoms with E-state index in [0.29, 0.717) is 5.92 Å². The normalized spacial score (nSPS) is 18.8. The number of furan rings is 1. The smallest absolute Gasteiger partial charge is 0.181 e. The van der Waals surface area contributed by atoms with E-state index in [2.05, 4.69) is 26.1 Å². The lowest BCUT2D eigenvalue weighted by Gasteiger charge is -2.30. The van der Waals surface area contributed by atoms with Crippen LogP contribution in [0.15, 0.2) is 41.1 Å². The fourth-order valence-electron chi connectivity index (χ4n) is 3.30. The van der Waals surface area contributed by atoms with Gasteiger partial charge in [0.05, 0.1) is 6.54 Å². The molecule has 6 heteroatoms. The molecular formula is C18H21N5O. The minimum Gasteiger partial charge on any atom is -0.465 e. The van der Waals surface area contributed by atoms with Crippen molar-refractivity contribution in [2.75, 3.05) is 13.1 Å². The van der Waals surface area contributed by atoms with Crippen LogP contribution in [-0.2, 0) is 6.54 Å². The monoisotopic (exact) mass is 323 g/mol. The van der Waals surface area contributed by atoms with Gasteiger partial charge in [0.15, 0.2) is 5.82 Å². The molecule has 1 saturated heterocycles. The Morgan fingerprint density at radius 2 is 2.12 bits per heavy atom. The Morgan fingerprint density at radius 3 is 2.92 bits per heavy atom. The van der Waals surface area contributed by atoms with E-state index in [1.54, 1.807) is 12.4 Å². The molecule has 4 rings (SSSR count). The third-order valence-corrected chi connectivity index (χ3v) is 4.51. The summed E-state index contributed by atoms with van der Waals surface area (Å²) in [5.41, 5.74) is 0.992. The van der Waals surface area contributed by atoms with Crippen molar-refractivity contribution in [3.63, 3.8) is 0 Å². The summed E-state index contributed by atoms with van der Waals surface area (Å²) in [6, 6.07) is 7.95. The molecular weight excluding hydrogens is 302 g/mol. The van der Waals surface area contributed by atoms with Gasteiger partial charge in [-0.1, -0.05) is 0 Å². The lowest BCUT2D eigenvalue weighted by molar-refractivity contribution is 0.183. The van der Waals surface area contributed by atoms with Crippen molar-refractivity contribution in [3.8, 4) is 11.4 Å². The lowest BCUT2D eigenvalue weighted by Crippen LogP contribution is -2.34. The van der Waals surface area contributed by atoms with Gasteiger partial charge < -0.3 is 4.42 Å². The lowest BCUT2D eigenvalue weighted by atomic mass is 9.97. The molecule has 0 unspecified atom stereocenters. The van der Waals surface area contributed by atoms with Crippen LogP contribution in [0.25, 0.3) is 11.4 Å². The van der Waals surface area contributed by atoms with Crippen LogP contribution in [0.4, 0.5) is 0 Å². The maximum Gasteiger partial charge on any atom is 0.181 e. The fraction of sp³-hybridized carbons (Fsp3) is 0.389. The highest BCUT2D eigenvalue weighted by Gasteiger charge is 2.25. The number of aromatic amines is 1. The van der Waals surface area contributed by atoms with E-state index in [-0.39, 0.29) is 0 Å². The standard InChI is InChI=1S/C18H21N5O/c1-13-4-5-16(24-13)12-23-10-2-3-15(11-23)18-20-17(21-22-18)14-6-8-19-9-7-14/h4-9,15H,2-3,10-12H2,1H3,(H,20,21,22)/t15-/m0/s1. The summed E-state index contributed by atoms with van der Waals surface area (Å²) >= 11 is 0. The molecule has 1 atom stereocenters. The van der Waals surface area contributed by atoms with Crippen molar-refractivity contribution in [2.45, 2.75) is 32.2 Å². The summed E-state index contributed by atoms with van der Waals surface area (Å²) in [6.45, 7) is 4.92. The van der Waals surface area contributed by atoms with Gasteiger partial charge in [0.25, 0.3) is 0 Å². The first-order chi connectivity index (χ1) is 11.8. The molecule has 0 bridgehead atoms. The van der Waals surface area contributed by atoms with Crippen molar-refractivity contribution < 1.29 is 4.42 Å². The van der Waals surface area contributed by atoms with Gasteiger partial charge in [-0.3, -0.25) is 15.0 Å². The molecule has 3 aromatic heterocycles. The zero-order chi connectivity index (χ0) is 16.4. The maximum atomic E-state index is 5.71. The van der Waals surface area contributed by atoms with Gasteiger partial charge in [-0.25, -0.2) is 4.98 Å². The zero-order valence-corrected chi connectivity index (χ0v) is 13.8. The number of piperidine rings is 1. The summed E-state index contributed by atoms with van der Waals surface area (Å²) in [4.78, 5) is 11.2. The quantitative estimate of drug-likeness (QED) is 0.798. The van der Waals surface area contributed by atoms with Crippen molar-refractivity contribution in [2.24, 2.45) is 0 Å². The minimum absolute atomic E-state index is 0.387. The summed E-state index contributed by atoms with van der Waals surface area (Å²) in [7, 11) is 0. The number of nitrogens with one attached hydrogen (secondary N) is 1. The van der Waals surface area contributed by atoms with Crippen LogP contribution in [0.3, 0.4) is 0 Å². The van der Waals surface area contributed by atoms with Crippen LogP contribution < -0.4 is 0 Å². The molecule has 124 valence electrons. The first-order valence-electron chi connectivity index (χ1n) is 8.38. The molecule has 0 spiro atoms. The van der Waals surface area contributed by atoms with Crippen LogP contribution in [0.2, 0.25) is 0 Å². The molecule has 1 fully saturated rings. The molecule has 1 N–H and O–H groups in total. The van der Waals surface area contributed by atoms with Gasteiger partial charge in [-0.05, 0) is 50.6 Å². The first-order valence-corrected chi connectivity index (χ1v) is 8.38. The predicted molar refractivity (Wildman–Crippen MR) is 90.3 cm³/mol. The van der Waals surface area contributed by atoms with Crippen molar-refractivity contribution in [1.82, 2.24) is 25.1 Å². The van der Waals surface area contributed by atoms with E-state index in [1.165, 1.54) is 0 Å². The molecule has 1 aliphatic heterocycles. The van der Waals surface area contributed by atoms with Crippen molar-refractivity contribution in [1.29, 1.82) is 0 Å². The average molecular weight is 323 g/mol. The molecule has 6 nitrogen and oxygen atoms in total. The van der Waals surface area contributed by atoms with Gasteiger partial charge in [-0.2, -0.15) is 5.10 Å². The Hall–Kier alpha value is -2.47. The molecule has 1 aliphatic rings. The second-order valence-corrected chi connectivity index (χ2v) is 6.37. The third-order valence-electron chi connectivity index (χ3n) is 4.51. The van der Waals surface area contributed by atoms with Crippen LogP contribution in [0.1, 0.15) is 36.1 Å². The summed E-state index contributed by atoms with van der Waals surface area (Å²) in [5, 5.41) is 7.50. The van der Waals surface area contributed by atoms with Gasteiger partial charge in [-0.15, -0.1) is 0 Å². The van der Waals surface area contributed by atoms with E-state index in [0.717, 1.165) is 61.2 Å². The predicted octanol–water partition coefficient (Wildman–Crippen LogP) is 3.15.